The fourth-order valence-corrected chi connectivity index (χ4v) is 3.27. The second-order valence-corrected chi connectivity index (χ2v) is 5.46. The number of likely N-dealkylation sites (tertiary alicyclic amines) is 1. The Kier molecular flexibility index (Phi) is 3.63. The molecule has 1 amide bonds. The number of rotatable bonds is 2. The van der Waals surface area contributed by atoms with Gasteiger partial charge in [0.25, 0.3) is 5.91 Å². The Hall–Kier alpha value is -0.910. The molecule has 2 saturated heterocycles. The quantitative estimate of drug-likeness (QED) is 0.824. The molecule has 3 heterocycles. The zero-order valence-electron chi connectivity index (χ0n) is 10.2. The van der Waals surface area contributed by atoms with Crippen LogP contribution in [0.2, 0.25) is 0 Å². The van der Waals surface area contributed by atoms with Crippen LogP contribution in [0.4, 0.5) is 0 Å². The topological polar surface area (TPSA) is 38.8 Å². The number of hydrogen-bond donors (Lipinski definition) is 0. The molecule has 1 atom stereocenters. The molecular weight excluding hydrogens is 250 g/mol. The molecule has 0 saturated carbocycles. The summed E-state index contributed by atoms with van der Waals surface area (Å²) < 4.78 is 11.2. The number of carbonyl (C=O) groups excluding carboxylic acids is 1. The van der Waals surface area contributed by atoms with Crippen molar-refractivity contribution in [3.8, 4) is 0 Å². The predicted octanol–water partition coefficient (Wildman–Crippen LogP) is 2.12. The Morgan fingerprint density at radius 3 is 2.89 bits per heavy atom. The molecule has 2 aliphatic rings. The SMILES string of the molecule is O=C(c1ccsc1)N1CCCCC1C1OCCO1. The van der Waals surface area contributed by atoms with Crippen LogP contribution in [-0.2, 0) is 9.47 Å². The van der Waals surface area contributed by atoms with Gasteiger partial charge in [-0.1, -0.05) is 0 Å². The van der Waals surface area contributed by atoms with Gasteiger partial charge in [0.2, 0.25) is 0 Å². The average Bonchev–Trinajstić information content (AvgIpc) is 3.11. The maximum Gasteiger partial charge on any atom is 0.255 e. The summed E-state index contributed by atoms with van der Waals surface area (Å²) in [7, 11) is 0. The van der Waals surface area contributed by atoms with Gasteiger partial charge >= 0.3 is 0 Å². The summed E-state index contributed by atoms with van der Waals surface area (Å²) in [5.41, 5.74) is 0.782. The van der Waals surface area contributed by atoms with Crippen molar-refractivity contribution in [2.75, 3.05) is 19.8 Å². The lowest BCUT2D eigenvalue weighted by Crippen LogP contribution is -2.50. The van der Waals surface area contributed by atoms with Gasteiger partial charge in [-0.15, -0.1) is 0 Å². The number of ether oxygens (including phenoxy) is 2. The van der Waals surface area contributed by atoms with Gasteiger partial charge in [-0.25, -0.2) is 0 Å². The lowest BCUT2D eigenvalue weighted by Gasteiger charge is -2.37. The summed E-state index contributed by atoms with van der Waals surface area (Å²) in [5, 5.41) is 3.85. The molecule has 0 bridgehead atoms. The lowest BCUT2D eigenvalue weighted by molar-refractivity contribution is -0.100. The molecule has 0 spiro atoms. The lowest BCUT2D eigenvalue weighted by atomic mass is 10.0. The van der Waals surface area contributed by atoms with E-state index < -0.39 is 0 Å². The fraction of sp³-hybridized carbons (Fsp3) is 0.615. The van der Waals surface area contributed by atoms with Gasteiger partial charge in [0.1, 0.15) is 0 Å². The van der Waals surface area contributed by atoms with Gasteiger partial charge in [-0.3, -0.25) is 4.79 Å². The largest absolute Gasteiger partial charge is 0.348 e. The first-order chi connectivity index (χ1) is 8.86. The molecule has 0 aliphatic carbocycles. The van der Waals surface area contributed by atoms with E-state index in [0.717, 1.165) is 31.4 Å². The Balaban J connectivity index is 1.76. The van der Waals surface area contributed by atoms with E-state index in [-0.39, 0.29) is 18.2 Å². The first kappa shape index (κ1) is 12.1. The first-order valence-corrected chi connectivity index (χ1v) is 7.37. The highest BCUT2D eigenvalue weighted by Crippen LogP contribution is 2.26. The van der Waals surface area contributed by atoms with Crippen molar-refractivity contribution in [3.63, 3.8) is 0 Å². The first-order valence-electron chi connectivity index (χ1n) is 6.42. The Labute approximate surface area is 110 Å². The van der Waals surface area contributed by atoms with Gasteiger partial charge < -0.3 is 14.4 Å². The van der Waals surface area contributed by atoms with E-state index >= 15 is 0 Å². The van der Waals surface area contributed by atoms with Gasteiger partial charge in [-0.05, 0) is 30.7 Å². The van der Waals surface area contributed by atoms with Gasteiger partial charge in [0.05, 0.1) is 24.8 Å². The third-order valence-corrected chi connectivity index (χ3v) is 4.22. The van der Waals surface area contributed by atoms with E-state index in [4.69, 9.17) is 9.47 Å². The second kappa shape index (κ2) is 5.38. The Bertz CT molecular complexity index is 400. The summed E-state index contributed by atoms with van der Waals surface area (Å²) in [6.07, 6.45) is 2.95. The zero-order valence-corrected chi connectivity index (χ0v) is 11.0. The van der Waals surface area contributed by atoms with Crippen molar-refractivity contribution in [3.05, 3.63) is 22.4 Å². The molecule has 0 radical (unpaired) electrons. The molecule has 0 N–H and O–H groups in total. The molecule has 1 unspecified atom stereocenters. The molecule has 5 heteroatoms. The highest BCUT2D eigenvalue weighted by Gasteiger charge is 2.36. The standard InChI is InChI=1S/C13H17NO3S/c15-12(10-4-8-18-9-10)14-5-2-1-3-11(14)13-16-6-7-17-13/h4,8-9,11,13H,1-3,5-7H2. The van der Waals surface area contributed by atoms with Crippen LogP contribution in [0, 0.1) is 0 Å². The number of piperidine rings is 1. The van der Waals surface area contributed by atoms with Crippen molar-refractivity contribution >= 4 is 17.2 Å². The normalized spacial score (nSPS) is 25.6. The average molecular weight is 267 g/mol. The third-order valence-electron chi connectivity index (χ3n) is 3.54. The van der Waals surface area contributed by atoms with Crippen molar-refractivity contribution in [2.24, 2.45) is 0 Å². The molecule has 2 fully saturated rings. The molecule has 4 nitrogen and oxygen atoms in total. The molecule has 1 aromatic rings. The molecule has 18 heavy (non-hydrogen) atoms. The summed E-state index contributed by atoms with van der Waals surface area (Å²) in [6.45, 7) is 2.09. The summed E-state index contributed by atoms with van der Waals surface area (Å²) in [6, 6.07) is 1.96. The smallest absolute Gasteiger partial charge is 0.255 e. The van der Waals surface area contributed by atoms with E-state index in [1.54, 1.807) is 11.3 Å². The Morgan fingerprint density at radius 1 is 1.33 bits per heavy atom. The van der Waals surface area contributed by atoms with Crippen LogP contribution in [0.3, 0.4) is 0 Å². The van der Waals surface area contributed by atoms with Crippen LogP contribution >= 0.6 is 11.3 Å². The summed E-state index contributed by atoms with van der Waals surface area (Å²) in [4.78, 5) is 14.4. The van der Waals surface area contributed by atoms with E-state index in [2.05, 4.69) is 0 Å². The van der Waals surface area contributed by atoms with Crippen LogP contribution in [0.15, 0.2) is 16.8 Å². The number of carbonyl (C=O) groups is 1. The minimum absolute atomic E-state index is 0.0775. The van der Waals surface area contributed by atoms with Gasteiger partial charge in [0.15, 0.2) is 6.29 Å². The van der Waals surface area contributed by atoms with Crippen LogP contribution in [0.5, 0.6) is 0 Å². The van der Waals surface area contributed by atoms with E-state index in [9.17, 15) is 4.79 Å². The van der Waals surface area contributed by atoms with Gasteiger partial charge in [0, 0.05) is 11.9 Å². The van der Waals surface area contributed by atoms with Crippen LogP contribution < -0.4 is 0 Å². The van der Waals surface area contributed by atoms with E-state index in [1.807, 2.05) is 21.7 Å². The van der Waals surface area contributed by atoms with Crippen molar-refractivity contribution < 1.29 is 14.3 Å². The van der Waals surface area contributed by atoms with Crippen LogP contribution in [0.25, 0.3) is 0 Å². The number of amides is 1. The highest BCUT2D eigenvalue weighted by atomic mass is 32.1. The minimum Gasteiger partial charge on any atom is -0.348 e. The van der Waals surface area contributed by atoms with Crippen LogP contribution in [-0.4, -0.2) is 42.9 Å². The fourth-order valence-electron chi connectivity index (χ4n) is 2.64. The summed E-state index contributed by atoms with van der Waals surface area (Å²) in [5.74, 6) is 0.111. The molecular formula is C13H17NO3S. The van der Waals surface area contributed by atoms with Crippen molar-refractivity contribution in [2.45, 2.75) is 31.6 Å². The molecule has 1 aromatic heterocycles. The van der Waals surface area contributed by atoms with E-state index in [1.165, 1.54) is 0 Å². The maximum atomic E-state index is 12.4. The summed E-state index contributed by atoms with van der Waals surface area (Å²) >= 11 is 1.56. The second-order valence-electron chi connectivity index (χ2n) is 4.68. The minimum atomic E-state index is -0.229. The highest BCUT2D eigenvalue weighted by molar-refractivity contribution is 7.08. The maximum absolute atomic E-state index is 12.4. The number of nitrogens with zero attached hydrogens (tertiary/aromatic N) is 1. The van der Waals surface area contributed by atoms with Crippen molar-refractivity contribution in [1.82, 2.24) is 4.90 Å². The van der Waals surface area contributed by atoms with Crippen LogP contribution in [0.1, 0.15) is 29.6 Å². The van der Waals surface area contributed by atoms with Crippen molar-refractivity contribution in [1.29, 1.82) is 0 Å². The molecule has 98 valence electrons. The molecule has 0 aromatic carbocycles. The molecule has 2 aliphatic heterocycles. The van der Waals surface area contributed by atoms with Gasteiger partial charge in [-0.2, -0.15) is 11.3 Å². The van der Waals surface area contributed by atoms with E-state index in [0.29, 0.717) is 13.2 Å². The predicted molar refractivity (Wildman–Crippen MR) is 68.7 cm³/mol. The monoisotopic (exact) mass is 267 g/mol. The number of hydrogen-bond acceptors (Lipinski definition) is 4. The zero-order chi connectivity index (χ0) is 12.4. The third kappa shape index (κ3) is 2.30. The molecule has 3 rings (SSSR count). The number of thiophene rings is 1. The Morgan fingerprint density at radius 2 is 2.17 bits per heavy atom.